The maximum atomic E-state index is 12.0. The van der Waals surface area contributed by atoms with E-state index in [4.69, 9.17) is 21.1 Å². The molecular weight excluding hydrogens is 304 g/mol. The van der Waals surface area contributed by atoms with Crippen LogP contribution in [0.1, 0.15) is 12.5 Å². The summed E-state index contributed by atoms with van der Waals surface area (Å²) in [5, 5.41) is 9.64. The number of hydrogen-bond donors (Lipinski definition) is 1. The van der Waals surface area contributed by atoms with Gasteiger partial charge in [-0.1, -0.05) is 30.7 Å². The second-order valence-electron chi connectivity index (χ2n) is 4.67. The first kappa shape index (κ1) is 15.7. The van der Waals surface area contributed by atoms with Crippen molar-refractivity contribution in [3.63, 3.8) is 0 Å². The molecule has 1 heterocycles. The highest BCUT2D eigenvalue weighted by Gasteiger charge is 2.46. The SMILES string of the molecule is CCS(=O)(=O)C[C@@]1(c2cccc(Cl)c2)OC[C@@H](CO)O1. The van der Waals surface area contributed by atoms with Crippen molar-refractivity contribution < 1.29 is 23.0 Å². The lowest BCUT2D eigenvalue weighted by Gasteiger charge is -2.28. The van der Waals surface area contributed by atoms with E-state index in [-0.39, 0.29) is 24.7 Å². The summed E-state index contributed by atoms with van der Waals surface area (Å²) in [7, 11) is -3.33. The van der Waals surface area contributed by atoms with Gasteiger partial charge in [0.1, 0.15) is 11.9 Å². The first-order valence-corrected chi connectivity index (χ1v) is 8.50. The third-order valence-corrected chi connectivity index (χ3v) is 5.11. The summed E-state index contributed by atoms with van der Waals surface area (Å²) in [6, 6.07) is 6.71. The van der Waals surface area contributed by atoms with E-state index >= 15 is 0 Å². The van der Waals surface area contributed by atoms with E-state index in [2.05, 4.69) is 0 Å². The van der Waals surface area contributed by atoms with E-state index in [1.165, 1.54) is 0 Å². The molecule has 1 saturated heterocycles. The van der Waals surface area contributed by atoms with Crippen LogP contribution < -0.4 is 0 Å². The van der Waals surface area contributed by atoms with Gasteiger partial charge in [-0.2, -0.15) is 0 Å². The largest absolute Gasteiger partial charge is 0.394 e. The zero-order chi connectivity index (χ0) is 14.8. The van der Waals surface area contributed by atoms with Gasteiger partial charge >= 0.3 is 0 Å². The smallest absolute Gasteiger partial charge is 0.209 e. The molecular formula is C13H17ClO5S. The Morgan fingerprint density at radius 2 is 2.25 bits per heavy atom. The number of ether oxygens (including phenoxy) is 2. The summed E-state index contributed by atoms with van der Waals surface area (Å²) in [6.07, 6.45) is -0.541. The summed E-state index contributed by atoms with van der Waals surface area (Å²) < 4.78 is 35.2. The number of rotatable bonds is 5. The average molecular weight is 321 g/mol. The van der Waals surface area contributed by atoms with Crippen LogP contribution in [0.2, 0.25) is 5.02 Å². The van der Waals surface area contributed by atoms with E-state index in [0.717, 1.165) is 0 Å². The van der Waals surface area contributed by atoms with Crippen LogP contribution in [-0.2, 0) is 25.1 Å². The van der Waals surface area contributed by atoms with Crippen LogP contribution in [0.4, 0.5) is 0 Å². The van der Waals surface area contributed by atoms with Crippen molar-refractivity contribution in [2.45, 2.75) is 18.8 Å². The summed E-state index contributed by atoms with van der Waals surface area (Å²) in [6.45, 7) is 1.48. The Hall–Kier alpha value is -0.660. The molecule has 0 amide bonds. The van der Waals surface area contributed by atoms with E-state index in [0.29, 0.717) is 10.6 Å². The Bertz CT molecular complexity index is 574. The maximum absolute atomic E-state index is 12.0. The molecule has 1 N–H and O–H groups in total. The minimum absolute atomic E-state index is 0.00811. The van der Waals surface area contributed by atoms with Crippen molar-refractivity contribution in [1.29, 1.82) is 0 Å². The normalized spacial score (nSPS) is 26.9. The average Bonchev–Trinajstić information content (AvgIpc) is 2.83. The molecule has 0 unspecified atom stereocenters. The minimum Gasteiger partial charge on any atom is -0.394 e. The van der Waals surface area contributed by atoms with Crippen LogP contribution in [0.15, 0.2) is 24.3 Å². The third kappa shape index (κ3) is 3.32. The minimum atomic E-state index is -3.33. The summed E-state index contributed by atoms with van der Waals surface area (Å²) in [5.74, 6) is -1.70. The van der Waals surface area contributed by atoms with Crippen molar-refractivity contribution >= 4 is 21.4 Å². The van der Waals surface area contributed by atoms with Crippen LogP contribution in [-0.4, -0.2) is 44.3 Å². The molecule has 0 aliphatic carbocycles. The Balaban J connectivity index is 2.40. The summed E-state index contributed by atoms with van der Waals surface area (Å²) in [5.41, 5.74) is 0.540. The van der Waals surface area contributed by atoms with Gasteiger partial charge in [0.15, 0.2) is 9.84 Å². The van der Waals surface area contributed by atoms with E-state index < -0.39 is 21.7 Å². The fourth-order valence-electron chi connectivity index (χ4n) is 2.08. The summed E-state index contributed by atoms with van der Waals surface area (Å²) >= 11 is 5.95. The van der Waals surface area contributed by atoms with Crippen molar-refractivity contribution in [2.75, 3.05) is 24.7 Å². The zero-order valence-electron chi connectivity index (χ0n) is 11.1. The molecule has 0 saturated carbocycles. The lowest BCUT2D eigenvalue weighted by molar-refractivity contribution is -0.162. The van der Waals surface area contributed by atoms with Crippen LogP contribution in [0, 0.1) is 0 Å². The van der Waals surface area contributed by atoms with E-state index in [1.54, 1.807) is 31.2 Å². The molecule has 7 heteroatoms. The maximum Gasteiger partial charge on any atom is 0.209 e. The van der Waals surface area contributed by atoms with Crippen molar-refractivity contribution in [2.24, 2.45) is 0 Å². The topological polar surface area (TPSA) is 72.8 Å². The third-order valence-electron chi connectivity index (χ3n) is 3.18. The molecule has 2 rings (SSSR count). The highest BCUT2D eigenvalue weighted by molar-refractivity contribution is 7.91. The van der Waals surface area contributed by atoms with E-state index in [1.807, 2.05) is 0 Å². The molecule has 0 bridgehead atoms. The predicted molar refractivity (Wildman–Crippen MR) is 75.4 cm³/mol. The van der Waals surface area contributed by atoms with Gasteiger partial charge in [-0.3, -0.25) is 0 Å². The molecule has 0 aromatic heterocycles. The van der Waals surface area contributed by atoms with Gasteiger partial charge in [0.05, 0.1) is 13.2 Å². The molecule has 5 nitrogen and oxygen atoms in total. The molecule has 1 aliphatic heterocycles. The lowest BCUT2D eigenvalue weighted by Crippen LogP contribution is -2.37. The Morgan fingerprint density at radius 1 is 1.50 bits per heavy atom. The number of halogens is 1. The van der Waals surface area contributed by atoms with Crippen LogP contribution in [0.5, 0.6) is 0 Å². The molecule has 0 spiro atoms. The summed E-state index contributed by atoms with van der Waals surface area (Å²) in [4.78, 5) is 0. The number of aliphatic hydroxyl groups is 1. The number of hydrogen-bond acceptors (Lipinski definition) is 5. The first-order chi connectivity index (χ1) is 9.41. The van der Waals surface area contributed by atoms with Gasteiger partial charge in [-0.15, -0.1) is 0 Å². The first-order valence-electron chi connectivity index (χ1n) is 6.30. The van der Waals surface area contributed by atoms with Crippen LogP contribution in [0.25, 0.3) is 0 Å². The molecule has 2 atom stereocenters. The van der Waals surface area contributed by atoms with Gasteiger partial charge in [-0.05, 0) is 12.1 Å². The van der Waals surface area contributed by atoms with Crippen molar-refractivity contribution in [1.82, 2.24) is 0 Å². The number of sulfone groups is 1. The lowest BCUT2D eigenvalue weighted by atomic mass is 10.1. The van der Waals surface area contributed by atoms with Gasteiger partial charge in [0.25, 0.3) is 0 Å². The second-order valence-corrected chi connectivity index (χ2v) is 7.46. The Morgan fingerprint density at radius 3 is 2.80 bits per heavy atom. The monoisotopic (exact) mass is 320 g/mol. The second kappa shape index (κ2) is 5.99. The van der Waals surface area contributed by atoms with Gasteiger partial charge in [0.2, 0.25) is 5.79 Å². The number of aliphatic hydroxyl groups excluding tert-OH is 1. The Kier molecular flexibility index (Phi) is 4.71. The molecule has 0 radical (unpaired) electrons. The predicted octanol–water partition coefficient (Wildman–Crippen LogP) is 1.34. The molecule has 20 heavy (non-hydrogen) atoms. The zero-order valence-corrected chi connectivity index (χ0v) is 12.7. The van der Waals surface area contributed by atoms with Crippen molar-refractivity contribution in [3.05, 3.63) is 34.9 Å². The van der Waals surface area contributed by atoms with Crippen LogP contribution >= 0.6 is 11.6 Å². The standard InChI is InChI=1S/C13H17ClO5S/c1-2-20(16,17)9-13(18-8-12(7-15)19-13)10-4-3-5-11(14)6-10/h3-6,12,15H,2,7-9H2,1H3/t12-,13-/m1/s1. The van der Waals surface area contributed by atoms with Gasteiger partial charge in [0, 0.05) is 16.3 Å². The Labute approximate surface area is 123 Å². The van der Waals surface area contributed by atoms with E-state index in [9.17, 15) is 13.5 Å². The number of benzene rings is 1. The van der Waals surface area contributed by atoms with Crippen molar-refractivity contribution in [3.8, 4) is 0 Å². The molecule has 1 aliphatic rings. The molecule has 1 aromatic rings. The van der Waals surface area contributed by atoms with Gasteiger partial charge in [-0.25, -0.2) is 8.42 Å². The quantitative estimate of drug-likeness (QED) is 0.886. The molecule has 1 aromatic carbocycles. The van der Waals surface area contributed by atoms with Crippen LogP contribution in [0.3, 0.4) is 0 Å². The fraction of sp³-hybridized carbons (Fsp3) is 0.538. The molecule has 1 fully saturated rings. The fourth-order valence-corrected chi connectivity index (χ4v) is 3.37. The highest BCUT2D eigenvalue weighted by atomic mass is 35.5. The van der Waals surface area contributed by atoms with Gasteiger partial charge < -0.3 is 14.6 Å². The molecule has 112 valence electrons. The highest BCUT2D eigenvalue weighted by Crippen LogP contribution is 2.36.